The van der Waals surface area contributed by atoms with Gasteiger partial charge in [-0.1, -0.05) is 121 Å². The van der Waals surface area contributed by atoms with Crippen LogP contribution >= 0.6 is 23.2 Å². The van der Waals surface area contributed by atoms with Crippen LogP contribution < -0.4 is 9.62 Å². The second-order valence-corrected chi connectivity index (χ2v) is 12.9. The highest BCUT2D eigenvalue weighted by atomic mass is 35.5. The van der Waals surface area contributed by atoms with Crippen molar-refractivity contribution in [1.82, 2.24) is 10.2 Å². The van der Waals surface area contributed by atoms with E-state index in [1.165, 1.54) is 23.1 Å². The van der Waals surface area contributed by atoms with E-state index in [9.17, 15) is 18.0 Å². The van der Waals surface area contributed by atoms with E-state index < -0.39 is 28.5 Å². The molecule has 0 bridgehead atoms. The first-order valence-electron chi connectivity index (χ1n) is 14.4. The fourth-order valence-electron chi connectivity index (χ4n) is 4.76. The van der Waals surface area contributed by atoms with Gasteiger partial charge in [-0.3, -0.25) is 13.9 Å². The summed E-state index contributed by atoms with van der Waals surface area (Å²) in [6.45, 7) is 1.96. The minimum Gasteiger partial charge on any atom is -0.354 e. The van der Waals surface area contributed by atoms with Gasteiger partial charge < -0.3 is 10.2 Å². The lowest BCUT2D eigenvalue weighted by Crippen LogP contribution is -2.53. The van der Waals surface area contributed by atoms with E-state index in [0.717, 1.165) is 28.3 Å². The molecule has 4 rings (SSSR count). The van der Waals surface area contributed by atoms with Crippen molar-refractivity contribution in [3.05, 3.63) is 130 Å². The molecular formula is C34H35Cl2N3O4S. The SMILES string of the molecule is CCCCNC(=O)[C@@H](Cc1ccccc1)N(Cc1ccccc1)C(=O)CN(c1cccc(Cl)c1Cl)S(=O)(=O)c1ccccc1. The Morgan fingerprint density at radius 2 is 1.39 bits per heavy atom. The summed E-state index contributed by atoms with van der Waals surface area (Å²) in [5, 5.41) is 3.12. The maximum atomic E-state index is 14.4. The van der Waals surface area contributed by atoms with Gasteiger partial charge in [0.25, 0.3) is 10.0 Å². The average molecular weight is 653 g/mol. The number of benzene rings is 4. The van der Waals surface area contributed by atoms with Crippen molar-refractivity contribution in [2.75, 3.05) is 17.4 Å². The van der Waals surface area contributed by atoms with Gasteiger partial charge in [0.15, 0.2) is 0 Å². The maximum absolute atomic E-state index is 14.4. The van der Waals surface area contributed by atoms with E-state index >= 15 is 0 Å². The van der Waals surface area contributed by atoms with Crippen LogP contribution in [0.4, 0.5) is 5.69 Å². The summed E-state index contributed by atoms with van der Waals surface area (Å²) in [4.78, 5) is 29.6. The van der Waals surface area contributed by atoms with Crippen LogP contribution in [0.3, 0.4) is 0 Å². The number of hydrogen-bond acceptors (Lipinski definition) is 4. The highest BCUT2D eigenvalue weighted by molar-refractivity contribution is 7.92. The molecule has 0 aliphatic heterocycles. The number of nitrogens with zero attached hydrogens (tertiary/aromatic N) is 2. The van der Waals surface area contributed by atoms with E-state index in [1.54, 1.807) is 30.3 Å². The number of carbonyl (C=O) groups excluding carboxylic acids is 2. The number of unbranched alkanes of at least 4 members (excludes halogenated alkanes) is 1. The highest BCUT2D eigenvalue weighted by Gasteiger charge is 2.35. The molecular weight excluding hydrogens is 617 g/mol. The number of carbonyl (C=O) groups is 2. The summed E-state index contributed by atoms with van der Waals surface area (Å²) in [6, 6.07) is 30.2. The monoisotopic (exact) mass is 651 g/mol. The molecule has 7 nitrogen and oxygen atoms in total. The van der Waals surface area contributed by atoms with Gasteiger partial charge in [0.2, 0.25) is 11.8 Å². The van der Waals surface area contributed by atoms with Crippen LogP contribution in [0, 0.1) is 0 Å². The van der Waals surface area contributed by atoms with Crippen molar-refractivity contribution < 1.29 is 18.0 Å². The summed E-state index contributed by atoms with van der Waals surface area (Å²) >= 11 is 12.8. The number of halogens is 2. The summed E-state index contributed by atoms with van der Waals surface area (Å²) in [7, 11) is -4.28. The molecule has 0 fully saturated rings. The molecule has 1 atom stereocenters. The van der Waals surface area contributed by atoms with Gasteiger partial charge in [-0.15, -0.1) is 0 Å². The van der Waals surface area contributed by atoms with E-state index in [1.807, 2.05) is 67.6 Å². The van der Waals surface area contributed by atoms with Gasteiger partial charge >= 0.3 is 0 Å². The summed E-state index contributed by atoms with van der Waals surface area (Å²) in [5.41, 5.74) is 1.71. The Labute approximate surface area is 269 Å². The molecule has 0 aromatic heterocycles. The van der Waals surface area contributed by atoms with Crippen molar-refractivity contribution in [3.63, 3.8) is 0 Å². The van der Waals surface area contributed by atoms with Crippen molar-refractivity contribution in [2.45, 2.75) is 43.7 Å². The fraction of sp³-hybridized carbons (Fsp3) is 0.235. The molecule has 44 heavy (non-hydrogen) atoms. The fourth-order valence-corrected chi connectivity index (χ4v) is 6.65. The Hall–Kier alpha value is -3.85. The topological polar surface area (TPSA) is 86.8 Å². The lowest BCUT2D eigenvalue weighted by Gasteiger charge is -2.34. The average Bonchev–Trinajstić information content (AvgIpc) is 3.04. The smallest absolute Gasteiger partial charge is 0.264 e. The zero-order valence-electron chi connectivity index (χ0n) is 24.4. The molecule has 0 aliphatic carbocycles. The normalized spacial score (nSPS) is 11.9. The zero-order chi connectivity index (χ0) is 31.5. The van der Waals surface area contributed by atoms with Crippen molar-refractivity contribution in [1.29, 1.82) is 0 Å². The molecule has 10 heteroatoms. The van der Waals surface area contributed by atoms with Gasteiger partial charge in [0.05, 0.1) is 20.6 Å². The summed E-state index contributed by atoms with van der Waals surface area (Å²) in [5.74, 6) is -0.888. The number of anilines is 1. The molecule has 0 spiro atoms. The van der Waals surface area contributed by atoms with E-state index in [4.69, 9.17) is 23.2 Å². The molecule has 1 N–H and O–H groups in total. The third kappa shape index (κ3) is 8.40. The number of hydrogen-bond donors (Lipinski definition) is 1. The second kappa shape index (κ2) is 15.7. The van der Waals surface area contributed by atoms with Crippen molar-refractivity contribution in [3.8, 4) is 0 Å². The molecule has 4 aromatic rings. The third-order valence-corrected chi connectivity index (χ3v) is 9.69. The van der Waals surface area contributed by atoms with Crippen LogP contribution in [-0.4, -0.2) is 44.3 Å². The molecule has 0 saturated carbocycles. The number of sulfonamides is 1. The quantitative estimate of drug-likeness (QED) is 0.153. The molecule has 0 aliphatic rings. The Bertz CT molecular complexity index is 1640. The predicted octanol–water partition coefficient (Wildman–Crippen LogP) is 6.75. The first-order chi connectivity index (χ1) is 21.2. The van der Waals surface area contributed by atoms with Crippen molar-refractivity contribution >= 4 is 50.7 Å². The zero-order valence-corrected chi connectivity index (χ0v) is 26.7. The first kappa shape index (κ1) is 33.1. The summed E-state index contributed by atoms with van der Waals surface area (Å²) < 4.78 is 29.1. The molecule has 230 valence electrons. The van der Waals surface area contributed by atoms with Crippen molar-refractivity contribution in [2.24, 2.45) is 0 Å². The first-order valence-corrected chi connectivity index (χ1v) is 16.6. The van der Waals surface area contributed by atoms with Gasteiger partial charge in [0.1, 0.15) is 12.6 Å². The lowest BCUT2D eigenvalue weighted by atomic mass is 10.0. The Balaban J connectivity index is 1.80. The Morgan fingerprint density at radius 1 is 0.795 bits per heavy atom. The standard InChI is InChI=1S/C34H35Cl2N3O4S/c1-2-3-22-37-34(41)31(23-26-14-7-4-8-15-26)38(24-27-16-9-5-10-17-27)32(40)25-39(30-21-13-20-29(35)33(30)36)44(42,43)28-18-11-6-12-19-28/h4-21,31H,2-3,22-25H2,1H3,(H,37,41)/t31-/m1/s1. The molecule has 0 radical (unpaired) electrons. The molecule has 0 heterocycles. The van der Waals surface area contributed by atoms with Gasteiger partial charge in [0, 0.05) is 19.5 Å². The van der Waals surface area contributed by atoms with Gasteiger partial charge in [-0.05, 0) is 41.8 Å². The van der Waals surface area contributed by atoms with E-state index in [-0.39, 0.29) is 39.5 Å². The molecule has 4 aromatic carbocycles. The Morgan fingerprint density at radius 3 is 2.00 bits per heavy atom. The van der Waals surface area contributed by atoms with Crippen LogP contribution in [0.15, 0.2) is 114 Å². The van der Waals surface area contributed by atoms with Crippen LogP contribution in [0.25, 0.3) is 0 Å². The van der Waals surface area contributed by atoms with Crippen LogP contribution in [0.1, 0.15) is 30.9 Å². The van der Waals surface area contributed by atoms with E-state index in [2.05, 4.69) is 5.32 Å². The minimum atomic E-state index is -4.28. The predicted molar refractivity (Wildman–Crippen MR) is 176 cm³/mol. The van der Waals surface area contributed by atoms with Gasteiger partial charge in [-0.2, -0.15) is 0 Å². The lowest BCUT2D eigenvalue weighted by molar-refractivity contribution is -0.140. The highest BCUT2D eigenvalue weighted by Crippen LogP contribution is 2.35. The van der Waals surface area contributed by atoms with Crippen LogP contribution in [0.5, 0.6) is 0 Å². The number of rotatable bonds is 14. The molecule has 0 unspecified atom stereocenters. The second-order valence-electron chi connectivity index (χ2n) is 10.3. The van der Waals surface area contributed by atoms with Crippen LogP contribution in [-0.2, 0) is 32.6 Å². The maximum Gasteiger partial charge on any atom is 0.264 e. The summed E-state index contributed by atoms with van der Waals surface area (Å²) in [6.07, 6.45) is 1.91. The molecule has 0 saturated heterocycles. The largest absolute Gasteiger partial charge is 0.354 e. The number of nitrogens with one attached hydrogen (secondary N) is 1. The number of amides is 2. The minimum absolute atomic E-state index is 0.00535. The van der Waals surface area contributed by atoms with Crippen LogP contribution in [0.2, 0.25) is 10.0 Å². The van der Waals surface area contributed by atoms with Gasteiger partial charge in [-0.25, -0.2) is 8.42 Å². The third-order valence-electron chi connectivity index (χ3n) is 7.11. The van der Waals surface area contributed by atoms with E-state index in [0.29, 0.717) is 6.54 Å². The Kier molecular flexibility index (Phi) is 11.8. The molecule has 2 amide bonds.